The first-order chi connectivity index (χ1) is 8.63. The van der Waals surface area contributed by atoms with Gasteiger partial charge in [-0.3, -0.25) is 10.1 Å². The number of benzene rings is 1. The summed E-state index contributed by atoms with van der Waals surface area (Å²) >= 11 is 0. The maximum absolute atomic E-state index is 11.0. The predicted molar refractivity (Wildman–Crippen MR) is 69.6 cm³/mol. The third-order valence-electron chi connectivity index (χ3n) is 2.22. The van der Waals surface area contributed by atoms with E-state index in [-0.39, 0.29) is 11.4 Å². The lowest BCUT2D eigenvalue weighted by Crippen LogP contribution is -2.04. The van der Waals surface area contributed by atoms with Crippen molar-refractivity contribution >= 4 is 11.4 Å². The average Bonchev–Trinajstić information content (AvgIpc) is 2.32. The Balaban J connectivity index is 3.25. The molecule has 0 saturated carbocycles. The Morgan fingerprint density at radius 1 is 1.17 bits per heavy atom. The molecule has 0 radical (unpaired) electrons. The zero-order chi connectivity index (χ0) is 13.5. The SMILES string of the molecule is CCNc1cc([N+](=O)[O-])c(OCC)cc1OCC. The summed E-state index contributed by atoms with van der Waals surface area (Å²) in [5.74, 6) is 0.793. The smallest absolute Gasteiger partial charge is 0.313 e. The highest BCUT2D eigenvalue weighted by molar-refractivity contribution is 5.67. The van der Waals surface area contributed by atoms with Gasteiger partial charge in [0.2, 0.25) is 5.75 Å². The Labute approximate surface area is 106 Å². The van der Waals surface area contributed by atoms with Crippen molar-refractivity contribution in [1.29, 1.82) is 0 Å². The van der Waals surface area contributed by atoms with Crippen LogP contribution in [0.25, 0.3) is 0 Å². The molecule has 6 nitrogen and oxygen atoms in total. The zero-order valence-corrected chi connectivity index (χ0v) is 10.9. The molecular formula is C12H18N2O4. The molecule has 0 bridgehead atoms. The summed E-state index contributed by atoms with van der Waals surface area (Å²) in [5.41, 5.74) is 0.547. The number of hydrogen-bond donors (Lipinski definition) is 1. The van der Waals surface area contributed by atoms with Gasteiger partial charge < -0.3 is 14.8 Å². The molecule has 0 aromatic heterocycles. The molecule has 0 aliphatic heterocycles. The lowest BCUT2D eigenvalue weighted by Gasteiger charge is -2.13. The highest BCUT2D eigenvalue weighted by Gasteiger charge is 2.19. The number of hydrogen-bond acceptors (Lipinski definition) is 5. The standard InChI is InChI=1S/C12H18N2O4/c1-4-13-9-7-10(14(15)16)12(18-6-3)8-11(9)17-5-2/h7-8,13H,4-6H2,1-3H3. The van der Waals surface area contributed by atoms with E-state index < -0.39 is 4.92 Å². The Hall–Kier alpha value is -1.98. The number of rotatable bonds is 7. The molecule has 0 aliphatic rings. The van der Waals surface area contributed by atoms with E-state index in [4.69, 9.17) is 9.47 Å². The van der Waals surface area contributed by atoms with Crippen LogP contribution in [0.2, 0.25) is 0 Å². The fraction of sp³-hybridized carbons (Fsp3) is 0.500. The number of ether oxygens (including phenoxy) is 2. The summed E-state index contributed by atoms with van der Waals surface area (Å²) in [6.07, 6.45) is 0. The van der Waals surface area contributed by atoms with Crippen LogP contribution in [0.5, 0.6) is 11.5 Å². The second kappa shape index (κ2) is 6.68. The van der Waals surface area contributed by atoms with Crippen molar-refractivity contribution in [2.75, 3.05) is 25.1 Å². The molecule has 100 valence electrons. The molecule has 1 rings (SSSR count). The number of nitro benzene ring substituents is 1. The van der Waals surface area contributed by atoms with Gasteiger partial charge in [-0.2, -0.15) is 0 Å². The van der Waals surface area contributed by atoms with E-state index in [1.807, 2.05) is 13.8 Å². The number of nitrogens with one attached hydrogen (secondary N) is 1. The molecule has 1 aromatic rings. The van der Waals surface area contributed by atoms with Crippen molar-refractivity contribution in [3.8, 4) is 11.5 Å². The van der Waals surface area contributed by atoms with Crippen LogP contribution in [0.3, 0.4) is 0 Å². The Kier molecular flexibility index (Phi) is 5.23. The molecule has 0 spiro atoms. The molecule has 1 aromatic carbocycles. The third-order valence-corrected chi connectivity index (χ3v) is 2.22. The fourth-order valence-corrected chi connectivity index (χ4v) is 1.57. The van der Waals surface area contributed by atoms with E-state index in [1.54, 1.807) is 13.0 Å². The van der Waals surface area contributed by atoms with E-state index in [2.05, 4.69) is 5.32 Å². The van der Waals surface area contributed by atoms with Crippen molar-refractivity contribution in [2.24, 2.45) is 0 Å². The topological polar surface area (TPSA) is 73.6 Å². The first-order valence-corrected chi connectivity index (χ1v) is 5.95. The molecule has 1 N–H and O–H groups in total. The van der Waals surface area contributed by atoms with Gasteiger partial charge in [0.25, 0.3) is 0 Å². The van der Waals surface area contributed by atoms with E-state index in [1.165, 1.54) is 6.07 Å². The number of anilines is 1. The van der Waals surface area contributed by atoms with Crippen LogP contribution in [0.15, 0.2) is 12.1 Å². The molecule has 0 heterocycles. The second-order valence-electron chi connectivity index (χ2n) is 3.47. The minimum atomic E-state index is -0.457. The molecule has 0 amide bonds. The average molecular weight is 254 g/mol. The molecule has 18 heavy (non-hydrogen) atoms. The number of nitrogens with zero attached hydrogens (tertiary/aromatic N) is 1. The summed E-state index contributed by atoms with van der Waals surface area (Å²) < 4.78 is 10.7. The summed E-state index contributed by atoms with van der Waals surface area (Å²) in [4.78, 5) is 10.5. The molecule has 0 unspecified atom stereocenters. The maximum Gasteiger partial charge on any atom is 0.313 e. The van der Waals surface area contributed by atoms with Crippen molar-refractivity contribution in [3.05, 3.63) is 22.2 Å². The van der Waals surface area contributed by atoms with Gasteiger partial charge in [0.1, 0.15) is 5.75 Å². The molecule has 0 aliphatic carbocycles. The van der Waals surface area contributed by atoms with E-state index >= 15 is 0 Å². The summed E-state index contributed by atoms with van der Waals surface area (Å²) in [7, 11) is 0. The van der Waals surface area contributed by atoms with Crippen LogP contribution < -0.4 is 14.8 Å². The normalized spacial score (nSPS) is 9.94. The highest BCUT2D eigenvalue weighted by Crippen LogP contribution is 2.37. The fourth-order valence-electron chi connectivity index (χ4n) is 1.57. The monoisotopic (exact) mass is 254 g/mol. The molecule has 0 saturated heterocycles. The lowest BCUT2D eigenvalue weighted by molar-refractivity contribution is -0.385. The van der Waals surface area contributed by atoms with E-state index in [0.29, 0.717) is 31.2 Å². The Morgan fingerprint density at radius 3 is 2.28 bits per heavy atom. The van der Waals surface area contributed by atoms with E-state index in [9.17, 15) is 10.1 Å². The molecule has 6 heteroatoms. The van der Waals surface area contributed by atoms with Crippen LogP contribution in [-0.4, -0.2) is 24.7 Å². The second-order valence-corrected chi connectivity index (χ2v) is 3.47. The first kappa shape index (κ1) is 14.1. The maximum atomic E-state index is 11.0. The van der Waals surface area contributed by atoms with Crippen LogP contribution in [0.4, 0.5) is 11.4 Å². The third kappa shape index (κ3) is 3.26. The van der Waals surface area contributed by atoms with Crippen LogP contribution in [0, 0.1) is 10.1 Å². The van der Waals surface area contributed by atoms with Crippen molar-refractivity contribution in [1.82, 2.24) is 0 Å². The Morgan fingerprint density at radius 2 is 1.78 bits per heavy atom. The van der Waals surface area contributed by atoms with Gasteiger partial charge in [0.05, 0.1) is 23.8 Å². The van der Waals surface area contributed by atoms with E-state index in [0.717, 1.165) is 0 Å². The lowest BCUT2D eigenvalue weighted by atomic mass is 10.2. The minimum Gasteiger partial charge on any atom is -0.492 e. The summed E-state index contributed by atoms with van der Waals surface area (Å²) in [5, 5.41) is 14.0. The first-order valence-electron chi connectivity index (χ1n) is 5.95. The molecule has 0 fully saturated rings. The zero-order valence-electron chi connectivity index (χ0n) is 10.9. The minimum absolute atomic E-state index is 0.0590. The van der Waals surface area contributed by atoms with Gasteiger partial charge in [-0.25, -0.2) is 0 Å². The van der Waals surface area contributed by atoms with Gasteiger partial charge in [0, 0.05) is 18.7 Å². The number of nitro groups is 1. The Bertz CT molecular complexity index is 421. The van der Waals surface area contributed by atoms with Gasteiger partial charge in [0.15, 0.2) is 0 Å². The van der Waals surface area contributed by atoms with Crippen LogP contribution in [-0.2, 0) is 0 Å². The molecular weight excluding hydrogens is 236 g/mol. The summed E-state index contributed by atoms with van der Waals surface area (Å²) in [6, 6.07) is 3.00. The van der Waals surface area contributed by atoms with Crippen molar-refractivity contribution in [3.63, 3.8) is 0 Å². The largest absolute Gasteiger partial charge is 0.492 e. The van der Waals surface area contributed by atoms with Gasteiger partial charge in [-0.05, 0) is 20.8 Å². The quantitative estimate of drug-likeness (QED) is 0.598. The van der Waals surface area contributed by atoms with Gasteiger partial charge in [-0.15, -0.1) is 0 Å². The van der Waals surface area contributed by atoms with Crippen molar-refractivity contribution in [2.45, 2.75) is 20.8 Å². The van der Waals surface area contributed by atoms with Crippen molar-refractivity contribution < 1.29 is 14.4 Å². The van der Waals surface area contributed by atoms with Gasteiger partial charge in [-0.1, -0.05) is 0 Å². The van der Waals surface area contributed by atoms with Crippen LogP contribution >= 0.6 is 0 Å². The predicted octanol–water partition coefficient (Wildman–Crippen LogP) is 2.82. The van der Waals surface area contributed by atoms with Crippen LogP contribution in [0.1, 0.15) is 20.8 Å². The highest BCUT2D eigenvalue weighted by atomic mass is 16.6. The molecule has 0 atom stereocenters. The van der Waals surface area contributed by atoms with Gasteiger partial charge >= 0.3 is 5.69 Å². The summed E-state index contributed by atoms with van der Waals surface area (Å²) in [6.45, 7) is 7.07.